The summed E-state index contributed by atoms with van der Waals surface area (Å²) in [6.45, 7) is -5.43. The summed E-state index contributed by atoms with van der Waals surface area (Å²) in [4.78, 5) is 87.3. The fourth-order valence-corrected chi connectivity index (χ4v) is 11.0. The molecular formula is C53H76N12O25. The molecule has 6 saturated heterocycles. The predicted octanol–water partition coefficient (Wildman–Crippen LogP) is -13.8. The van der Waals surface area contributed by atoms with Gasteiger partial charge in [0.25, 0.3) is 0 Å². The lowest BCUT2D eigenvalue weighted by molar-refractivity contribution is -0.352. The van der Waals surface area contributed by atoms with Crippen LogP contribution in [0.15, 0.2) is 54.6 Å². The van der Waals surface area contributed by atoms with Gasteiger partial charge < -0.3 is 148 Å². The van der Waals surface area contributed by atoms with Crippen LogP contribution in [0.3, 0.4) is 0 Å². The van der Waals surface area contributed by atoms with Crippen molar-refractivity contribution in [1.82, 2.24) is 52.8 Å². The van der Waals surface area contributed by atoms with Gasteiger partial charge in [-0.2, -0.15) is 0 Å². The Morgan fingerprint density at radius 1 is 0.511 bits per heavy atom. The number of ether oxygens (including phenoxy) is 5. The lowest BCUT2D eigenvalue weighted by Gasteiger charge is -2.46. The largest absolute Gasteiger partial charge is 0.462 e. The zero-order chi connectivity index (χ0) is 65.4. The zero-order valence-electron chi connectivity index (χ0n) is 47.6. The maximum atomic E-state index is 15.0. The minimum absolute atomic E-state index is 0.0772. The molecule has 0 saturated carbocycles. The number of carbonyl (C=O) groups is 6. The minimum atomic E-state index is -2.36. The fraction of sp³-hybridized carbons (Fsp3) is 0.623. The van der Waals surface area contributed by atoms with Crippen molar-refractivity contribution < 1.29 is 124 Å². The third kappa shape index (κ3) is 15.6. The summed E-state index contributed by atoms with van der Waals surface area (Å²) in [5.74, 6) is -8.40. The average Bonchev–Trinajstić information content (AvgIpc) is 1.58. The smallest absolute Gasteiger partial charge is 0.246 e. The number of amides is 6. The minimum Gasteiger partial charge on any atom is -0.462 e. The van der Waals surface area contributed by atoms with Gasteiger partial charge in [-0.05, 0) is 23.3 Å². The van der Waals surface area contributed by atoms with Crippen LogP contribution in [-0.4, -0.2) is 316 Å². The van der Waals surface area contributed by atoms with E-state index in [0.717, 1.165) is 4.90 Å². The van der Waals surface area contributed by atoms with Crippen molar-refractivity contribution in [1.29, 1.82) is 10.8 Å². The molecule has 25 N–H and O–H groups in total. The van der Waals surface area contributed by atoms with Crippen LogP contribution >= 0.6 is 0 Å². The second kappa shape index (κ2) is 30.3. The van der Waals surface area contributed by atoms with Crippen LogP contribution in [0.25, 0.3) is 0 Å². The van der Waals surface area contributed by atoms with Gasteiger partial charge in [0.1, 0.15) is 121 Å². The third-order valence-corrected chi connectivity index (χ3v) is 16.1. The summed E-state index contributed by atoms with van der Waals surface area (Å²) in [7, 11) is 0. The van der Waals surface area contributed by atoms with Crippen LogP contribution in [-0.2, 0) is 60.6 Å². The number of carbonyl (C=O) groups excluding carboxylic acids is 6. The van der Waals surface area contributed by atoms with Gasteiger partial charge in [-0.15, -0.1) is 0 Å². The molecule has 90 heavy (non-hydrogen) atoms. The van der Waals surface area contributed by atoms with Gasteiger partial charge in [0, 0.05) is 25.9 Å². The Kier molecular flexibility index (Phi) is 23.2. The second-order valence-corrected chi connectivity index (χ2v) is 22.2. The van der Waals surface area contributed by atoms with Crippen molar-refractivity contribution in [3.63, 3.8) is 0 Å². The number of nitrogens with zero attached hydrogens (tertiary/aromatic N) is 1. The molecule has 0 bridgehead atoms. The Balaban J connectivity index is 1.10. The highest BCUT2D eigenvalue weighted by Crippen LogP contribution is 2.32. The Morgan fingerprint density at radius 2 is 1.06 bits per heavy atom. The Hall–Kier alpha value is -7.12. The zero-order valence-corrected chi connectivity index (χ0v) is 47.6. The third-order valence-electron chi connectivity index (χ3n) is 16.1. The van der Waals surface area contributed by atoms with Crippen LogP contribution in [0.5, 0.6) is 5.75 Å². The first-order valence-corrected chi connectivity index (χ1v) is 28.5. The molecule has 498 valence electrons. The van der Waals surface area contributed by atoms with Crippen LogP contribution in [0.4, 0.5) is 0 Å². The molecule has 4 unspecified atom stereocenters. The summed E-state index contributed by atoms with van der Waals surface area (Å²) >= 11 is 0. The molecule has 0 aromatic heterocycles. The van der Waals surface area contributed by atoms with E-state index >= 15 is 4.79 Å². The standard InChI is InChI=1S/C53H76N12O25/c54-52-57-12-24(62-52)33(71)31-48(85)64-32(34(72)26-13-58-53(55)65(26)49-40(78)37(75)35(73)27(16-67)87-49)47(84)61-25(15-66)44(81)56-14-30(70)59-22(10-19-4-2-1-3-5-19)45(82)60-23(46(83)63-31)11-20-6-8-21(9-7-20)86-50-42(80)39(77)43(29(18-69)89-50)90-51-41(79)38(76)36(74)28(17-68)88-51/h1-9,22-29,31-43,49-51,66-69,71-80H,10-18H2,(H2,55,58)(H,56,81)(H,59,70)(H,60,82)(H,61,84)(H,63,83)(H,64,85)(H3,54,57,62)/t22-,23+,24?,25-,26?,27+,28+,29+,31-,32+,33?,34?,35+,36+,37-,38-,39+,40-,41-,42-,43+,49-,50-,51+/m0/s1. The Labute approximate surface area is 510 Å². The predicted molar refractivity (Wildman–Crippen MR) is 297 cm³/mol. The molecule has 0 spiro atoms. The molecule has 6 fully saturated rings. The monoisotopic (exact) mass is 1280 g/mol. The molecule has 6 heterocycles. The molecular weight excluding hydrogens is 1200 g/mol. The van der Waals surface area contributed by atoms with E-state index in [0.29, 0.717) is 5.56 Å². The number of benzene rings is 2. The van der Waals surface area contributed by atoms with Crippen LogP contribution in [0.2, 0.25) is 0 Å². The van der Waals surface area contributed by atoms with E-state index in [-0.39, 0.29) is 30.2 Å². The molecule has 2 aromatic rings. The number of aliphatic hydroxyl groups is 14. The molecule has 37 nitrogen and oxygen atoms in total. The number of aliphatic hydroxyl groups excluding tert-OH is 14. The maximum absolute atomic E-state index is 15.0. The number of hydrogen-bond donors (Lipinski definition) is 25. The fourth-order valence-electron chi connectivity index (χ4n) is 11.0. The number of nitrogens with one attached hydrogen (secondary N) is 11. The second-order valence-electron chi connectivity index (χ2n) is 22.2. The Morgan fingerprint density at radius 3 is 1.68 bits per heavy atom. The Bertz CT molecular complexity index is 2840. The van der Waals surface area contributed by atoms with Gasteiger partial charge in [0.2, 0.25) is 41.7 Å². The van der Waals surface area contributed by atoms with Gasteiger partial charge in [0.05, 0.1) is 45.1 Å². The van der Waals surface area contributed by atoms with Crippen molar-refractivity contribution in [3.8, 4) is 5.75 Å². The SMILES string of the molecule is N=C1NCC(C(O)[C@@H]2NC(=O)[C@@H](Cc3ccc(O[C@H]4O[C@H](CO)[C@@H](O[C@H]5O[C@H](CO)[C@@H](O)[C@H](O)[C@@H]5O)[C@H](O)[C@@H]4O)cc3)NC(=O)[C@H](Cc3ccccc3)NC(=O)CNC(=O)[C@H](CO)NC(=O)[C@@H](C(O)C3CNC(=N)N3[C@H]3O[C@H](CO)[C@@H](O)[C@H](O)[C@@H]3O)NC2=O)N1. The molecule has 24 atom stereocenters. The van der Waals surface area contributed by atoms with Crippen LogP contribution in [0.1, 0.15) is 11.1 Å². The molecule has 2 aromatic carbocycles. The average molecular weight is 1280 g/mol. The van der Waals surface area contributed by atoms with Gasteiger partial charge >= 0.3 is 0 Å². The molecule has 8 rings (SSSR count). The topological polar surface area (TPSA) is 591 Å². The van der Waals surface area contributed by atoms with Gasteiger partial charge in [0.15, 0.2) is 24.4 Å². The summed E-state index contributed by atoms with van der Waals surface area (Å²) in [5.41, 5.74) is 0.698. The van der Waals surface area contributed by atoms with Crippen molar-refractivity contribution in [2.45, 2.75) is 159 Å². The van der Waals surface area contributed by atoms with Crippen molar-refractivity contribution in [3.05, 3.63) is 65.7 Å². The van der Waals surface area contributed by atoms with E-state index in [2.05, 4.69) is 47.9 Å². The molecule has 37 heteroatoms. The summed E-state index contributed by atoms with van der Waals surface area (Å²) in [6.07, 6.45) is -32.0. The summed E-state index contributed by atoms with van der Waals surface area (Å²) in [5, 5.41) is 189. The highest BCUT2D eigenvalue weighted by molar-refractivity contribution is 5.98. The number of hydrogen-bond acceptors (Lipinski definition) is 27. The van der Waals surface area contributed by atoms with Crippen molar-refractivity contribution >= 4 is 47.4 Å². The van der Waals surface area contributed by atoms with Gasteiger partial charge in [-0.1, -0.05) is 42.5 Å². The molecule has 0 aliphatic carbocycles. The molecule has 6 aliphatic rings. The van der Waals surface area contributed by atoms with Gasteiger partial charge in [-0.3, -0.25) is 39.6 Å². The van der Waals surface area contributed by atoms with E-state index in [1.165, 1.54) is 24.3 Å². The normalized spacial score (nSPS) is 37.5. The van der Waals surface area contributed by atoms with Gasteiger partial charge in [-0.25, -0.2) is 0 Å². The van der Waals surface area contributed by atoms with Crippen molar-refractivity contribution in [2.75, 3.05) is 46.1 Å². The first-order chi connectivity index (χ1) is 42.9. The van der Waals surface area contributed by atoms with Crippen molar-refractivity contribution in [2.24, 2.45) is 0 Å². The molecule has 6 amide bonds. The summed E-state index contributed by atoms with van der Waals surface area (Å²) < 4.78 is 28.2. The maximum Gasteiger partial charge on any atom is 0.246 e. The van der Waals surface area contributed by atoms with Crippen LogP contribution in [0, 0.1) is 10.8 Å². The van der Waals surface area contributed by atoms with E-state index in [4.69, 9.17) is 34.5 Å². The first kappa shape index (κ1) is 68.8. The van der Waals surface area contributed by atoms with E-state index < -0.39 is 234 Å². The highest BCUT2D eigenvalue weighted by atomic mass is 16.7. The molecule has 6 aliphatic heterocycles. The van der Waals surface area contributed by atoms with E-state index in [1.807, 2.05) is 0 Å². The number of guanidine groups is 2. The molecule has 0 radical (unpaired) electrons. The van der Waals surface area contributed by atoms with E-state index in [1.54, 1.807) is 30.3 Å². The number of rotatable bonds is 17. The lowest BCUT2D eigenvalue weighted by Crippen LogP contribution is -2.69. The van der Waals surface area contributed by atoms with E-state index in [9.17, 15) is 95.5 Å². The summed E-state index contributed by atoms with van der Waals surface area (Å²) in [6, 6.07) is 0.699. The lowest BCUT2D eigenvalue weighted by atomic mass is 9.95. The van der Waals surface area contributed by atoms with Crippen LogP contribution < -0.4 is 52.6 Å². The quantitative estimate of drug-likeness (QED) is 0.0699. The first-order valence-electron chi connectivity index (χ1n) is 28.5. The highest BCUT2D eigenvalue weighted by Gasteiger charge is 2.54.